The van der Waals surface area contributed by atoms with E-state index in [1.807, 2.05) is 0 Å². The number of methoxy groups -OCH3 is 1. The molecule has 0 unspecified atom stereocenters. The minimum absolute atomic E-state index is 0.163. The fraction of sp³-hybridized carbons (Fsp3) is 0.500. The topological polar surface area (TPSA) is 77.2 Å². The van der Waals surface area contributed by atoms with E-state index in [0.717, 1.165) is 19.3 Å². The lowest BCUT2D eigenvalue weighted by molar-refractivity contribution is -0.0679. The van der Waals surface area contributed by atoms with E-state index in [1.165, 1.54) is 6.20 Å². The minimum Gasteiger partial charge on any atom is -0.397 e. The first kappa shape index (κ1) is 11.9. The maximum Gasteiger partial charge on any atom is 0.269 e. The molecule has 1 aromatic heterocycles. The van der Waals surface area contributed by atoms with Gasteiger partial charge in [0.25, 0.3) is 5.91 Å². The number of nitrogens with two attached hydrogens (primary N) is 1. The second-order valence-corrected chi connectivity index (χ2v) is 4.40. The fourth-order valence-electron chi connectivity index (χ4n) is 1.90. The number of amides is 1. The van der Waals surface area contributed by atoms with Crippen molar-refractivity contribution in [2.45, 2.75) is 24.9 Å². The van der Waals surface area contributed by atoms with Crippen molar-refractivity contribution in [1.29, 1.82) is 0 Å². The lowest BCUT2D eigenvalue weighted by Gasteiger charge is -2.40. The van der Waals surface area contributed by atoms with Gasteiger partial charge in [-0.05, 0) is 31.4 Å². The van der Waals surface area contributed by atoms with Gasteiger partial charge < -0.3 is 15.8 Å². The predicted molar refractivity (Wildman–Crippen MR) is 64.6 cm³/mol. The van der Waals surface area contributed by atoms with Gasteiger partial charge in [-0.15, -0.1) is 0 Å². The monoisotopic (exact) mass is 235 g/mol. The molecule has 5 heteroatoms. The van der Waals surface area contributed by atoms with Gasteiger partial charge in [0.05, 0.1) is 17.5 Å². The second-order valence-electron chi connectivity index (χ2n) is 4.40. The zero-order valence-electron chi connectivity index (χ0n) is 9.90. The van der Waals surface area contributed by atoms with Crippen LogP contribution in [0.2, 0.25) is 0 Å². The number of anilines is 1. The normalized spacial score (nSPS) is 17.2. The van der Waals surface area contributed by atoms with Crippen molar-refractivity contribution in [2.75, 3.05) is 19.4 Å². The van der Waals surface area contributed by atoms with Crippen molar-refractivity contribution in [2.24, 2.45) is 0 Å². The molecule has 0 aliphatic heterocycles. The Morgan fingerprint density at radius 2 is 2.35 bits per heavy atom. The standard InChI is InChI=1S/C12H17N3O2/c1-17-12(5-2-6-12)8-15-11(16)10-4-3-9(13)7-14-10/h3-4,7H,2,5-6,8,13H2,1H3,(H,15,16). The first-order chi connectivity index (χ1) is 8.15. The summed E-state index contributed by atoms with van der Waals surface area (Å²) in [7, 11) is 1.69. The molecule has 17 heavy (non-hydrogen) atoms. The Kier molecular flexibility index (Phi) is 3.28. The smallest absolute Gasteiger partial charge is 0.269 e. The highest BCUT2D eigenvalue weighted by Crippen LogP contribution is 2.34. The van der Waals surface area contributed by atoms with E-state index in [0.29, 0.717) is 17.9 Å². The molecule has 0 bridgehead atoms. The van der Waals surface area contributed by atoms with Crippen molar-refractivity contribution < 1.29 is 9.53 Å². The summed E-state index contributed by atoms with van der Waals surface area (Å²) < 4.78 is 5.42. The van der Waals surface area contributed by atoms with Crippen molar-refractivity contribution in [3.05, 3.63) is 24.0 Å². The van der Waals surface area contributed by atoms with Gasteiger partial charge in [-0.1, -0.05) is 0 Å². The van der Waals surface area contributed by atoms with E-state index in [-0.39, 0.29) is 11.5 Å². The number of aromatic nitrogens is 1. The molecule has 1 amide bonds. The van der Waals surface area contributed by atoms with Crippen LogP contribution in [0.3, 0.4) is 0 Å². The first-order valence-corrected chi connectivity index (χ1v) is 5.70. The molecule has 1 aliphatic carbocycles. The van der Waals surface area contributed by atoms with E-state index in [4.69, 9.17) is 10.5 Å². The van der Waals surface area contributed by atoms with Crippen LogP contribution < -0.4 is 11.1 Å². The van der Waals surface area contributed by atoms with Gasteiger partial charge in [0.1, 0.15) is 5.69 Å². The SMILES string of the molecule is COC1(CNC(=O)c2ccc(N)cn2)CCC1. The number of nitrogens with zero attached hydrogens (tertiary/aromatic N) is 1. The number of hydrogen-bond acceptors (Lipinski definition) is 4. The number of pyridine rings is 1. The Hall–Kier alpha value is -1.62. The average molecular weight is 235 g/mol. The zero-order valence-corrected chi connectivity index (χ0v) is 9.90. The van der Waals surface area contributed by atoms with Crippen molar-refractivity contribution in [3.8, 4) is 0 Å². The Morgan fingerprint density at radius 1 is 1.59 bits per heavy atom. The summed E-state index contributed by atoms with van der Waals surface area (Å²) in [5, 5.41) is 2.84. The maximum absolute atomic E-state index is 11.8. The molecule has 1 heterocycles. The molecular formula is C12H17N3O2. The highest BCUT2D eigenvalue weighted by Gasteiger charge is 2.37. The van der Waals surface area contributed by atoms with Crippen LogP contribution in [0.25, 0.3) is 0 Å². The zero-order chi connectivity index (χ0) is 12.3. The summed E-state index contributed by atoms with van der Waals surface area (Å²) in [6, 6.07) is 3.28. The molecule has 1 aromatic rings. The van der Waals surface area contributed by atoms with Crippen LogP contribution in [-0.2, 0) is 4.74 Å². The fourth-order valence-corrected chi connectivity index (χ4v) is 1.90. The number of carbonyl (C=O) groups excluding carboxylic acids is 1. The lowest BCUT2D eigenvalue weighted by atomic mass is 9.80. The number of carbonyl (C=O) groups is 1. The largest absolute Gasteiger partial charge is 0.397 e. The van der Waals surface area contributed by atoms with E-state index in [1.54, 1.807) is 19.2 Å². The molecule has 3 N–H and O–H groups in total. The summed E-state index contributed by atoms with van der Waals surface area (Å²) in [4.78, 5) is 15.8. The van der Waals surface area contributed by atoms with Gasteiger partial charge in [-0.3, -0.25) is 4.79 Å². The molecule has 0 saturated heterocycles. The van der Waals surface area contributed by atoms with Gasteiger partial charge in [-0.2, -0.15) is 0 Å². The molecule has 5 nitrogen and oxygen atoms in total. The van der Waals surface area contributed by atoms with Crippen LogP contribution in [0.1, 0.15) is 29.8 Å². The quantitative estimate of drug-likeness (QED) is 0.815. The maximum atomic E-state index is 11.8. The molecule has 1 fully saturated rings. The Bertz CT molecular complexity index is 393. The van der Waals surface area contributed by atoms with Gasteiger partial charge >= 0.3 is 0 Å². The number of hydrogen-bond donors (Lipinski definition) is 2. The molecule has 1 saturated carbocycles. The molecule has 92 valence electrons. The second kappa shape index (κ2) is 4.71. The molecule has 1 aliphatic rings. The highest BCUT2D eigenvalue weighted by atomic mass is 16.5. The lowest BCUT2D eigenvalue weighted by Crippen LogP contribution is -2.49. The number of nitrogens with one attached hydrogen (secondary N) is 1. The van der Waals surface area contributed by atoms with Crippen LogP contribution >= 0.6 is 0 Å². The van der Waals surface area contributed by atoms with Gasteiger partial charge in [0.15, 0.2) is 0 Å². The van der Waals surface area contributed by atoms with Gasteiger partial charge in [-0.25, -0.2) is 4.98 Å². The molecular weight excluding hydrogens is 218 g/mol. The highest BCUT2D eigenvalue weighted by molar-refractivity contribution is 5.92. The van der Waals surface area contributed by atoms with Gasteiger partial charge in [0.2, 0.25) is 0 Å². The first-order valence-electron chi connectivity index (χ1n) is 5.70. The summed E-state index contributed by atoms with van der Waals surface area (Å²) >= 11 is 0. The average Bonchev–Trinajstić information content (AvgIpc) is 2.29. The number of ether oxygens (including phenoxy) is 1. The summed E-state index contributed by atoms with van der Waals surface area (Å²) in [5.41, 5.74) is 6.27. The van der Waals surface area contributed by atoms with Crippen LogP contribution in [0.4, 0.5) is 5.69 Å². The molecule has 0 atom stereocenters. The van der Waals surface area contributed by atoms with E-state index in [9.17, 15) is 4.79 Å². The van der Waals surface area contributed by atoms with Gasteiger partial charge in [0, 0.05) is 13.7 Å². The third-order valence-corrected chi connectivity index (χ3v) is 3.29. The third-order valence-electron chi connectivity index (χ3n) is 3.29. The molecule has 0 aromatic carbocycles. The van der Waals surface area contributed by atoms with Crippen LogP contribution in [0.5, 0.6) is 0 Å². The summed E-state index contributed by atoms with van der Waals surface area (Å²) in [6.07, 6.45) is 4.63. The molecule has 0 radical (unpaired) electrons. The van der Waals surface area contributed by atoms with Crippen molar-refractivity contribution in [1.82, 2.24) is 10.3 Å². The van der Waals surface area contributed by atoms with Crippen LogP contribution in [0.15, 0.2) is 18.3 Å². The Labute approximate surface area is 100 Å². The summed E-state index contributed by atoms with van der Waals surface area (Å²) in [6.45, 7) is 0.536. The molecule has 2 rings (SSSR count). The van der Waals surface area contributed by atoms with E-state index >= 15 is 0 Å². The number of nitrogen functional groups attached to an aromatic ring is 1. The van der Waals surface area contributed by atoms with Crippen LogP contribution in [0, 0.1) is 0 Å². The van der Waals surface area contributed by atoms with Crippen molar-refractivity contribution >= 4 is 11.6 Å². The Balaban J connectivity index is 1.91. The van der Waals surface area contributed by atoms with Crippen LogP contribution in [-0.4, -0.2) is 30.1 Å². The van der Waals surface area contributed by atoms with E-state index < -0.39 is 0 Å². The Morgan fingerprint density at radius 3 is 2.82 bits per heavy atom. The third kappa shape index (κ3) is 2.55. The summed E-state index contributed by atoms with van der Waals surface area (Å²) in [5.74, 6) is -0.187. The van der Waals surface area contributed by atoms with E-state index in [2.05, 4.69) is 10.3 Å². The minimum atomic E-state index is -0.187. The van der Waals surface area contributed by atoms with Crippen molar-refractivity contribution in [3.63, 3.8) is 0 Å². The predicted octanol–water partition coefficient (Wildman–Crippen LogP) is 0.963. The molecule has 0 spiro atoms. The number of rotatable bonds is 4.